The van der Waals surface area contributed by atoms with Crippen molar-refractivity contribution >= 4 is 5.69 Å². The van der Waals surface area contributed by atoms with Crippen molar-refractivity contribution in [3.63, 3.8) is 0 Å². The molecule has 2 nitrogen and oxygen atoms in total. The van der Waals surface area contributed by atoms with Crippen LogP contribution in [0.1, 0.15) is 32.4 Å². The first-order chi connectivity index (χ1) is 7.99. The molecule has 94 valence electrons. The number of para-hydroxylation sites is 1. The van der Waals surface area contributed by atoms with Crippen LogP contribution < -0.4 is 10.6 Å². The third-order valence-corrected chi connectivity index (χ3v) is 2.74. The summed E-state index contributed by atoms with van der Waals surface area (Å²) in [5.74, 6) is -0.227. The minimum Gasteiger partial charge on any atom is -0.363 e. The summed E-state index contributed by atoms with van der Waals surface area (Å²) in [7, 11) is 0. The van der Waals surface area contributed by atoms with Gasteiger partial charge in [-0.15, -0.1) is 6.58 Å². The van der Waals surface area contributed by atoms with Gasteiger partial charge in [0.1, 0.15) is 5.82 Å². The fraction of sp³-hybridized carbons (Fsp3) is 0.429. The lowest BCUT2D eigenvalue weighted by Gasteiger charge is -2.31. The summed E-state index contributed by atoms with van der Waals surface area (Å²) in [5.41, 5.74) is 7.33. The first-order valence-electron chi connectivity index (χ1n) is 5.90. The van der Waals surface area contributed by atoms with Crippen LogP contribution in [-0.2, 0) is 0 Å². The van der Waals surface area contributed by atoms with Crippen LogP contribution >= 0.6 is 0 Å². The largest absolute Gasteiger partial charge is 0.363 e. The maximum Gasteiger partial charge on any atom is 0.146 e. The Bertz CT molecular complexity index is 386. The molecule has 3 heteroatoms. The summed E-state index contributed by atoms with van der Waals surface area (Å²) in [6.45, 7) is 10.2. The average Bonchev–Trinajstić information content (AvgIpc) is 2.25. The molecule has 1 rings (SSSR count). The van der Waals surface area contributed by atoms with Crippen LogP contribution in [0.15, 0.2) is 30.9 Å². The van der Waals surface area contributed by atoms with Crippen LogP contribution in [0, 0.1) is 5.82 Å². The molecule has 0 spiro atoms. The lowest BCUT2D eigenvalue weighted by Crippen LogP contribution is -2.33. The Labute approximate surface area is 103 Å². The van der Waals surface area contributed by atoms with Crippen molar-refractivity contribution in [2.45, 2.75) is 32.9 Å². The Kier molecular flexibility index (Phi) is 4.70. The van der Waals surface area contributed by atoms with E-state index in [9.17, 15) is 4.39 Å². The van der Waals surface area contributed by atoms with Gasteiger partial charge in [-0.1, -0.05) is 18.2 Å². The minimum atomic E-state index is -0.227. The molecule has 0 saturated heterocycles. The Morgan fingerprint density at radius 1 is 1.41 bits per heavy atom. The van der Waals surface area contributed by atoms with Gasteiger partial charge in [0, 0.05) is 18.6 Å². The zero-order valence-corrected chi connectivity index (χ0v) is 10.8. The molecule has 0 fully saturated rings. The molecule has 0 heterocycles. The third kappa shape index (κ3) is 3.07. The van der Waals surface area contributed by atoms with Crippen molar-refractivity contribution < 1.29 is 4.39 Å². The van der Waals surface area contributed by atoms with E-state index in [2.05, 4.69) is 6.58 Å². The van der Waals surface area contributed by atoms with Crippen LogP contribution in [0.2, 0.25) is 0 Å². The second kappa shape index (κ2) is 5.82. The molecule has 0 saturated carbocycles. The van der Waals surface area contributed by atoms with E-state index in [0.717, 1.165) is 5.56 Å². The Balaban J connectivity index is 3.29. The predicted molar refractivity (Wildman–Crippen MR) is 71.7 cm³/mol. The molecule has 1 aromatic carbocycles. The van der Waals surface area contributed by atoms with Gasteiger partial charge in [0.2, 0.25) is 0 Å². The smallest absolute Gasteiger partial charge is 0.146 e. The maximum atomic E-state index is 14.0. The van der Waals surface area contributed by atoms with E-state index in [4.69, 9.17) is 5.73 Å². The van der Waals surface area contributed by atoms with Crippen molar-refractivity contribution in [2.75, 3.05) is 11.4 Å². The van der Waals surface area contributed by atoms with E-state index >= 15 is 0 Å². The van der Waals surface area contributed by atoms with Crippen LogP contribution in [0.25, 0.3) is 0 Å². The fourth-order valence-electron chi connectivity index (χ4n) is 1.90. The minimum absolute atomic E-state index is 0.188. The maximum absolute atomic E-state index is 14.0. The summed E-state index contributed by atoms with van der Waals surface area (Å²) in [5, 5.41) is 0. The number of benzene rings is 1. The summed E-state index contributed by atoms with van der Waals surface area (Å²) >= 11 is 0. The summed E-state index contributed by atoms with van der Waals surface area (Å²) in [4.78, 5) is 1.97. The monoisotopic (exact) mass is 236 g/mol. The topological polar surface area (TPSA) is 29.3 Å². The SMILES string of the molecule is C=CCN(c1c(F)cccc1[C@@H](C)N)C(C)C. The van der Waals surface area contributed by atoms with Gasteiger partial charge in [0.05, 0.1) is 5.69 Å². The van der Waals surface area contributed by atoms with Crippen LogP contribution in [-0.4, -0.2) is 12.6 Å². The molecule has 0 unspecified atom stereocenters. The molecule has 0 amide bonds. The van der Waals surface area contributed by atoms with Crippen molar-refractivity contribution in [2.24, 2.45) is 5.73 Å². The van der Waals surface area contributed by atoms with Gasteiger partial charge >= 0.3 is 0 Å². The number of halogens is 1. The molecule has 2 N–H and O–H groups in total. The van der Waals surface area contributed by atoms with Crippen molar-refractivity contribution in [3.05, 3.63) is 42.2 Å². The standard InChI is InChI=1S/C14H21FN2/c1-5-9-17(10(2)3)14-12(11(4)16)7-6-8-13(14)15/h5-8,10-11H,1,9,16H2,2-4H3/t11-/m1/s1. The second-order valence-electron chi connectivity index (χ2n) is 4.50. The molecular weight excluding hydrogens is 215 g/mol. The van der Waals surface area contributed by atoms with Crippen LogP contribution in [0.5, 0.6) is 0 Å². The number of rotatable bonds is 5. The second-order valence-corrected chi connectivity index (χ2v) is 4.50. The van der Waals surface area contributed by atoms with E-state index < -0.39 is 0 Å². The Morgan fingerprint density at radius 2 is 2.06 bits per heavy atom. The molecule has 0 aliphatic rings. The third-order valence-electron chi connectivity index (χ3n) is 2.74. The first kappa shape index (κ1) is 13.7. The normalized spacial score (nSPS) is 12.6. The van der Waals surface area contributed by atoms with Gasteiger partial charge in [-0.25, -0.2) is 4.39 Å². The number of anilines is 1. The molecule has 0 aromatic heterocycles. The van der Waals surface area contributed by atoms with Gasteiger partial charge < -0.3 is 10.6 Å². The summed E-state index contributed by atoms with van der Waals surface area (Å²) < 4.78 is 14.0. The molecule has 17 heavy (non-hydrogen) atoms. The van der Waals surface area contributed by atoms with E-state index in [0.29, 0.717) is 12.2 Å². The van der Waals surface area contributed by atoms with Gasteiger partial charge in [0.25, 0.3) is 0 Å². The van der Waals surface area contributed by atoms with Crippen LogP contribution in [0.3, 0.4) is 0 Å². The van der Waals surface area contributed by atoms with E-state index in [1.807, 2.05) is 31.7 Å². The molecule has 0 radical (unpaired) electrons. The molecule has 0 bridgehead atoms. The van der Waals surface area contributed by atoms with E-state index in [1.165, 1.54) is 6.07 Å². The Morgan fingerprint density at radius 3 is 2.53 bits per heavy atom. The van der Waals surface area contributed by atoms with Gasteiger partial charge in [-0.2, -0.15) is 0 Å². The number of hydrogen-bond acceptors (Lipinski definition) is 2. The fourth-order valence-corrected chi connectivity index (χ4v) is 1.90. The van der Waals surface area contributed by atoms with E-state index in [-0.39, 0.29) is 17.9 Å². The van der Waals surface area contributed by atoms with E-state index in [1.54, 1.807) is 12.1 Å². The number of nitrogens with two attached hydrogens (primary N) is 1. The quantitative estimate of drug-likeness (QED) is 0.795. The summed E-state index contributed by atoms with van der Waals surface area (Å²) in [6.07, 6.45) is 1.78. The molecule has 0 aliphatic heterocycles. The first-order valence-corrected chi connectivity index (χ1v) is 5.90. The Hall–Kier alpha value is -1.35. The summed E-state index contributed by atoms with van der Waals surface area (Å²) in [6, 6.07) is 5.06. The lowest BCUT2D eigenvalue weighted by atomic mass is 10.0. The van der Waals surface area contributed by atoms with Gasteiger partial charge in [-0.3, -0.25) is 0 Å². The zero-order chi connectivity index (χ0) is 13.0. The van der Waals surface area contributed by atoms with Gasteiger partial charge in [-0.05, 0) is 32.4 Å². The average molecular weight is 236 g/mol. The van der Waals surface area contributed by atoms with Gasteiger partial charge in [0.15, 0.2) is 0 Å². The predicted octanol–water partition coefficient (Wildman–Crippen LogP) is 3.25. The molecule has 0 aliphatic carbocycles. The van der Waals surface area contributed by atoms with Crippen molar-refractivity contribution in [1.82, 2.24) is 0 Å². The van der Waals surface area contributed by atoms with Crippen LogP contribution in [0.4, 0.5) is 10.1 Å². The molecule has 1 aromatic rings. The number of nitrogens with zero attached hydrogens (tertiary/aromatic N) is 1. The highest BCUT2D eigenvalue weighted by molar-refractivity contribution is 5.57. The molecule has 1 atom stereocenters. The lowest BCUT2D eigenvalue weighted by molar-refractivity contribution is 0.601. The highest BCUT2D eigenvalue weighted by atomic mass is 19.1. The highest BCUT2D eigenvalue weighted by Gasteiger charge is 2.19. The highest BCUT2D eigenvalue weighted by Crippen LogP contribution is 2.29. The van der Waals surface area contributed by atoms with Crippen molar-refractivity contribution in [3.8, 4) is 0 Å². The van der Waals surface area contributed by atoms with Crippen molar-refractivity contribution in [1.29, 1.82) is 0 Å². The molecular formula is C14H21FN2. The zero-order valence-electron chi connectivity index (χ0n) is 10.8. The number of hydrogen-bond donors (Lipinski definition) is 1.